The fraction of sp³-hybridized carbons (Fsp3) is 0.278. The topological polar surface area (TPSA) is 125 Å². The van der Waals surface area contributed by atoms with Gasteiger partial charge in [0.15, 0.2) is 5.82 Å². The van der Waals surface area contributed by atoms with Crippen LogP contribution in [0.15, 0.2) is 42.6 Å². The van der Waals surface area contributed by atoms with Crippen LogP contribution in [-0.2, 0) is 10.0 Å². The zero-order valence-electron chi connectivity index (χ0n) is 15.3. The Morgan fingerprint density at radius 2 is 1.93 bits per heavy atom. The molecule has 28 heavy (non-hydrogen) atoms. The molecule has 1 aromatic carbocycles. The largest absolute Gasteiger partial charge is 0.324 e. The summed E-state index contributed by atoms with van der Waals surface area (Å²) in [5.41, 5.74) is 2.29. The van der Waals surface area contributed by atoms with Gasteiger partial charge in [-0.15, -0.1) is 0 Å². The Kier molecular flexibility index (Phi) is 4.86. The van der Waals surface area contributed by atoms with Gasteiger partial charge in [0, 0.05) is 29.6 Å². The molecule has 1 aliphatic rings. The van der Waals surface area contributed by atoms with E-state index in [4.69, 9.17) is 0 Å². The van der Waals surface area contributed by atoms with Gasteiger partial charge in [-0.2, -0.15) is 10.1 Å². The molecule has 0 unspecified atom stereocenters. The lowest BCUT2D eigenvalue weighted by atomic mass is 10.3. The summed E-state index contributed by atoms with van der Waals surface area (Å²) in [5, 5.41) is 13.5. The van der Waals surface area contributed by atoms with Crippen molar-refractivity contribution >= 4 is 39.0 Å². The zero-order chi connectivity index (χ0) is 19.6. The maximum Gasteiger partial charge on any atom is 0.232 e. The van der Waals surface area contributed by atoms with E-state index in [1.54, 1.807) is 37.4 Å². The third kappa shape index (κ3) is 4.58. The van der Waals surface area contributed by atoms with E-state index in [2.05, 4.69) is 35.5 Å². The van der Waals surface area contributed by atoms with E-state index in [0.717, 1.165) is 5.69 Å². The van der Waals surface area contributed by atoms with Crippen LogP contribution in [0.4, 0.5) is 29.0 Å². The zero-order valence-corrected chi connectivity index (χ0v) is 16.1. The van der Waals surface area contributed by atoms with Crippen molar-refractivity contribution in [1.29, 1.82) is 0 Å². The van der Waals surface area contributed by atoms with Crippen LogP contribution < -0.4 is 15.4 Å². The Bertz CT molecular complexity index is 1080. The first-order valence-electron chi connectivity index (χ1n) is 9.04. The van der Waals surface area contributed by atoms with Crippen molar-refractivity contribution in [2.24, 2.45) is 0 Å². The van der Waals surface area contributed by atoms with Gasteiger partial charge in [-0.3, -0.25) is 9.82 Å². The molecule has 0 saturated heterocycles. The highest BCUT2D eigenvalue weighted by Crippen LogP contribution is 2.39. The van der Waals surface area contributed by atoms with Gasteiger partial charge in [0.1, 0.15) is 5.82 Å². The minimum absolute atomic E-state index is 0.0110. The molecule has 1 aliphatic carbocycles. The first-order chi connectivity index (χ1) is 13.5. The predicted octanol–water partition coefficient (Wildman–Crippen LogP) is 3.33. The number of benzene rings is 1. The van der Waals surface area contributed by atoms with Gasteiger partial charge in [0.25, 0.3) is 0 Å². The van der Waals surface area contributed by atoms with Gasteiger partial charge in [-0.05, 0) is 44.0 Å². The van der Waals surface area contributed by atoms with Crippen molar-refractivity contribution in [3.8, 4) is 0 Å². The van der Waals surface area contributed by atoms with Gasteiger partial charge >= 0.3 is 0 Å². The second-order valence-corrected chi connectivity index (χ2v) is 8.60. The van der Waals surface area contributed by atoms with Crippen molar-refractivity contribution in [1.82, 2.24) is 20.2 Å². The smallest absolute Gasteiger partial charge is 0.232 e. The van der Waals surface area contributed by atoms with Gasteiger partial charge in [-0.1, -0.05) is 6.07 Å². The molecule has 3 aromatic rings. The molecule has 146 valence electrons. The molecule has 2 heterocycles. The lowest BCUT2D eigenvalue weighted by molar-refractivity contribution is 0.602. The van der Waals surface area contributed by atoms with E-state index in [-0.39, 0.29) is 5.75 Å². The number of rotatable bonds is 8. The number of hydrogen-bond acceptors (Lipinski definition) is 7. The highest BCUT2D eigenvalue weighted by atomic mass is 32.2. The summed E-state index contributed by atoms with van der Waals surface area (Å²) in [6.45, 7) is 1.59. The van der Waals surface area contributed by atoms with E-state index in [1.165, 1.54) is 12.8 Å². The fourth-order valence-electron chi connectivity index (χ4n) is 2.67. The number of aromatic amines is 1. The Labute approximate surface area is 163 Å². The Hall–Kier alpha value is -3.14. The number of nitrogens with one attached hydrogen (secondary N) is 4. The second kappa shape index (κ2) is 7.47. The van der Waals surface area contributed by atoms with Gasteiger partial charge < -0.3 is 10.6 Å². The summed E-state index contributed by atoms with van der Waals surface area (Å²) in [7, 11) is -3.33. The maximum absolute atomic E-state index is 11.7. The van der Waals surface area contributed by atoms with Crippen LogP contribution >= 0.6 is 0 Å². The van der Waals surface area contributed by atoms with E-state index < -0.39 is 10.0 Å². The molecular weight excluding hydrogens is 378 g/mol. The SMILES string of the molecule is CCS(=O)(=O)Nc1cccc(Nc2nccc(Nc3cc(C4CC4)[nH]n3)n2)c1. The van der Waals surface area contributed by atoms with Crippen LogP contribution in [0.5, 0.6) is 0 Å². The van der Waals surface area contributed by atoms with Gasteiger partial charge in [0.2, 0.25) is 16.0 Å². The van der Waals surface area contributed by atoms with E-state index in [0.29, 0.717) is 34.9 Å². The van der Waals surface area contributed by atoms with Crippen LogP contribution in [0, 0.1) is 0 Å². The normalized spacial score (nSPS) is 13.9. The highest BCUT2D eigenvalue weighted by Gasteiger charge is 2.25. The molecule has 10 heteroatoms. The number of sulfonamides is 1. The first-order valence-corrected chi connectivity index (χ1v) is 10.7. The van der Waals surface area contributed by atoms with Crippen LogP contribution in [0.1, 0.15) is 31.4 Å². The van der Waals surface area contributed by atoms with Gasteiger partial charge in [-0.25, -0.2) is 13.4 Å². The summed E-state index contributed by atoms with van der Waals surface area (Å²) in [4.78, 5) is 8.64. The molecule has 0 bridgehead atoms. The predicted molar refractivity (Wildman–Crippen MR) is 109 cm³/mol. The van der Waals surface area contributed by atoms with Crippen molar-refractivity contribution in [3.05, 3.63) is 48.3 Å². The molecule has 0 atom stereocenters. The van der Waals surface area contributed by atoms with Crippen molar-refractivity contribution < 1.29 is 8.42 Å². The number of aromatic nitrogens is 4. The molecule has 4 rings (SSSR count). The molecule has 0 aliphatic heterocycles. The van der Waals surface area contributed by atoms with Crippen LogP contribution in [-0.4, -0.2) is 34.3 Å². The molecule has 2 aromatic heterocycles. The third-order valence-electron chi connectivity index (χ3n) is 4.30. The summed E-state index contributed by atoms with van der Waals surface area (Å²) in [6.07, 6.45) is 4.04. The second-order valence-electron chi connectivity index (χ2n) is 6.58. The van der Waals surface area contributed by atoms with Crippen LogP contribution in [0.25, 0.3) is 0 Å². The summed E-state index contributed by atoms with van der Waals surface area (Å²) in [5.74, 6) is 2.31. The molecule has 9 nitrogen and oxygen atoms in total. The number of nitrogens with zero attached hydrogens (tertiary/aromatic N) is 3. The van der Waals surface area contributed by atoms with Crippen LogP contribution in [0.3, 0.4) is 0 Å². The van der Waals surface area contributed by atoms with Crippen molar-refractivity contribution in [2.45, 2.75) is 25.7 Å². The average molecular weight is 399 g/mol. The first kappa shape index (κ1) is 18.2. The molecule has 0 radical (unpaired) electrons. The third-order valence-corrected chi connectivity index (χ3v) is 5.61. The molecule has 0 amide bonds. The maximum atomic E-state index is 11.7. The molecule has 4 N–H and O–H groups in total. The fourth-order valence-corrected chi connectivity index (χ4v) is 3.30. The highest BCUT2D eigenvalue weighted by molar-refractivity contribution is 7.92. The lowest BCUT2D eigenvalue weighted by Gasteiger charge is -2.10. The van der Waals surface area contributed by atoms with Crippen molar-refractivity contribution in [3.63, 3.8) is 0 Å². The van der Waals surface area contributed by atoms with Gasteiger partial charge in [0.05, 0.1) is 11.4 Å². The Morgan fingerprint density at radius 3 is 2.71 bits per heavy atom. The minimum Gasteiger partial charge on any atom is -0.324 e. The standard InChI is InChI=1S/C18H21N7O2S/c1-2-28(26,27)25-14-5-3-4-13(10-14)20-18-19-9-8-16(22-18)21-17-11-15(23-24-17)12-6-7-12/h3-5,8-12,25H,2,6-7H2,1H3,(H3,19,20,21,22,23,24). The lowest BCUT2D eigenvalue weighted by Crippen LogP contribution is -2.14. The van der Waals surface area contributed by atoms with Crippen molar-refractivity contribution in [2.75, 3.05) is 21.1 Å². The van der Waals surface area contributed by atoms with E-state index >= 15 is 0 Å². The number of hydrogen-bond donors (Lipinski definition) is 4. The van der Waals surface area contributed by atoms with E-state index in [1.807, 2.05) is 12.1 Å². The number of anilines is 5. The number of H-pyrrole nitrogens is 1. The Morgan fingerprint density at radius 1 is 1.11 bits per heavy atom. The molecule has 1 fully saturated rings. The quantitative estimate of drug-likeness (QED) is 0.458. The summed E-state index contributed by atoms with van der Waals surface area (Å²) >= 11 is 0. The van der Waals surface area contributed by atoms with Crippen LogP contribution in [0.2, 0.25) is 0 Å². The minimum atomic E-state index is -3.33. The molecular formula is C18H21N7O2S. The summed E-state index contributed by atoms with van der Waals surface area (Å²) < 4.78 is 26.0. The summed E-state index contributed by atoms with van der Waals surface area (Å²) in [6, 6.07) is 10.7. The molecule has 0 spiro atoms. The average Bonchev–Trinajstić information content (AvgIpc) is 3.42. The monoisotopic (exact) mass is 399 g/mol. The van der Waals surface area contributed by atoms with E-state index in [9.17, 15) is 8.42 Å². The Balaban J connectivity index is 1.45. The molecule has 1 saturated carbocycles.